The van der Waals surface area contributed by atoms with Crippen molar-refractivity contribution < 1.29 is 14.3 Å². The van der Waals surface area contributed by atoms with Gasteiger partial charge in [-0.1, -0.05) is 32.0 Å². The predicted molar refractivity (Wildman–Crippen MR) is 68.5 cm³/mol. The molecular weight excluding hydrogens is 235 g/mol. The molecule has 1 aromatic carbocycles. The highest BCUT2D eigenvalue weighted by molar-refractivity contribution is 5.99. The van der Waals surface area contributed by atoms with Gasteiger partial charge in [-0.25, -0.2) is 4.39 Å². The second kappa shape index (κ2) is 5.71. The van der Waals surface area contributed by atoms with Crippen LogP contribution in [0.2, 0.25) is 0 Å². The minimum atomic E-state index is -0.571. The fraction of sp³-hybridized carbons (Fsp3) is 0.462. The maximum Gasteiger partial charge on any atom is 0.176 e. The molecule has 4 nitrogen and oxygen atoms in total. The monoisotopic (exact) mass is 254 g/mol. The molecule has 0 saturated carbocycles. The summed E-state index contributed by atoms with van der Waals surface area (Å²) in [6.07, 6.45) is 0.819. The Labute approximate surface area is 106 Å². The van der Waals surface area contributed by atoms with E-state index in [1.54, 1.807) is 6.07 Å². The largest absolute Gasteiger partial charge is 0.493 e. The first kappa shape index (κ1) is 14.3. The van der Waals surface area contributed by atoms with E-state index in [0.29, 0.717) is 6.61 Å². The molecule has 0 fully saturated rings. The molecule has 0 unspecified atom stereocenters. The number of oxime groups is 1. The molecule has 18 heavy (non-hydrogen) atoms. The van der Waals surface area contributed by atoms with E-state index in [2.05, 4.69) is 25.9 Å². The van der Waals surface area contributed by atoms with Gasteiger partial charge in [0.1, 0.15) is 11.6 Å². The van der Waals surface area contributed by atoms with Crippen LogP contribution in [0.5, 0.6) is 5.75 Å². The van der Waals surface area contributed by atoms with E-state index in [0.717, 1.165) is 6.42 Å². The summed E-state index contributed by atoms with van der Waals surface area (Å²) in [7, 11) is 0. The first-order valence-electron chi connectivity index (χ1n) is 5.74. The molecular formula is C13H19FN2O2. The summed E-state index contributed by atoms with van der Waals surface area (Å²) in [5, 5.41) is 11.4. The van der Waals surface area contributed by atoms with Gasteiger partial charge in [-0.2, -0.15) is 0 Å². The molecule has 0 amide bonds. The van der Waals surface area contributed by atoms with Crippen molar-refractivity contribution in [1.82, 2.24) is 0 Å². The lowest BCUT2D eigenvalue weighted by molar-refractivity contribution is 0.241. The zero-order chi connectivity index (χ0) is 13.8. The zero-order valence-electron chi connectivity index (χ0n) is 10.9. The number of rotatable bonds is 4. The van der Waals surface area contributed by atoms with Gasteiger partial charge in [0.05, 0.1) is 12.2 Å². The average Bonchev–Trinajstić information content (AvgIpc) is 2.26. The van der Waals surface area contributed by atoms with Gasteiger partial charge in [-0.15, -0.1) is 0 Å². The summed E-state index contributed by atoms with van der Waals surface area (Å²) in [6.45, 7) is 6.71. The number of amidine groups is 1. The van der Waals surface area contributed by atoms with Gasteiger partial charge in [0, 0.05) is 0 Å². The molecule has 0 aliphatic carbocycles. The Hall–Kier alpha value is -1.78. The van der Waals surface area contributed by atoms with Crippen molar-refractivity contribution in [3.63, 3.8) is 0 Å². The smallest absolute Gasteiger partial charge is 0.176 e. The number of nitrogens with zero attached hydrogens (tertiary/aromatic N) is 1. The van der Waals surface area contributed by atoms with Crippen molar-refractivity contribution in [2.45, 2.75) is 27.2 Å². The highest BCUT2D eigenvalue weighted by Crippen LogP contribution is 2.23. The summed E-state index contributed by atoms with van der Waals surface area (Å²) in [5.74, 6) is -0.577. The van der Waals surface area contributed by atoms with Gasteiger partial charge in [0.25, 0.3) is 0 Å². The fourth-order valence-corrected chi connectivity index (χ4v) is 1.39. The standard InChI is InChI=1S/C13H19FN2O2/c1-13(2,3)7-8-18-10-6-4-5-9(14)11(10)12(15)16-17/h4-6,17H,7-8H2,1-3H3,(H2,15,16). The number of nitrogens with two attached hydrogens (primary N) is 1. The van der Waals surface area contributed by atoms with Gasteiger partial charge >= 0.3 is 0 Å². The SMILES string of the molecule is CC(C)(C)CCOc1cccc(F)c1C(N)=NO. The Morgan fingerprint density at radius 1 is 1.44 bits per heavy atom. The predicted octanol–water partition coefficient (Wildman–Crippen LogP) is 2.74. The molecule has 0 atom stereocenters. The van der Waals surface area contributed by atoms with E-state index in [1.165, 1.54) is 12.1 Å². The van der Waals surface area contributed by atoms with Crippen molar-refractivity contribution in [3.05, 3.63) is 29.6 Å². The van der Waals surface area contributed by atoms with Crippen molar-refractivity contribution in [2.24, 2.45) is 16.3 Å². The first-order valence-corrected chi connectivity index (χ1v) is 5.74. The Morgan fingerprint density at radius 3 is 2.67 bits per heavy atom. The second-order valence-corrected chi connectivity index (χ2v) is 5.26. The zero-order valence-corrected chi connectivity index (χ0v) is 10.9. The van der Waals surface area contributed by atoms with Crippen LogP contribution in [-0.4, -0.2) is 17.6 Å². The molecule has 1 aromatic rings. The van der Waals surface area contributed by atoms with Crippen LogP contribution in [0.4, 0.5) is 4.39 Å². The van der Waals surface area contributed by atoms with Crippen LogP contribution in [0.1, 0.15) is 32.8 Å². The van der Waals surface area contributed by atoms with Crippen LogP contribution in [0.25, 0.3) is 0 Å². The molecule has 0 saturated heterocycles. The molecule has 0 spiro atoms. The molecule has 0 aromatic heterocycles. The number of hydrogen-bond donors (Lipinski definition) is 2. The molecule has 0 aliphatic heterocycles. The first-order chi connectivity index (χ1) is 8.35. The topological polar surface area (TPSA) is 67.8 Å². The van der Waals surface area contributed by atoms with Crippen LogP contribution in [-0.2, 0) is 0 Å². The number of hydrogen-bond acceptors (Lipinski definition) is 3. The van der Waals surface area contributed by atoms with E-state index < -0.39 is 5.82 Å². The van der Waals surface area contributed by atoms with Crippen molar-refractivity contribution in [3.8, 4) is 5.75 Å². The maximum absolute atomic E-state index is 13.6. The molecule has 0 aliphatic rings. The van der Waals surface area contributed by atoms with Gasteiger partial charge in [-0.3, -0.25) is 0 Å². The van der Waals surface area contributed by atoms with Crippen molar-refractivity contribution in [2.75, 3.05) is 6.61 Å². The van der Waals surface area contributed by atoms with Crippen LogP contribution < -0.4 is 10.5 Å². The molecule has 0 heterocycles. The fourth-order valence-electron chi connectivity index (χ4n) is 1.39. The summed E-state index contributed by atoms with van der Waals surface area (Å²) in [5.41, 5.74) is 5.56. The minimum absolute atomic E-state index is 0.00564. The van der Waals surface area contributed by atoms with Gasteiger partial charge in [0.2, 0.25) is 0 Å². The number of ether oxygens (including phenoxy) is 1. The third-order valence-electron chi connectivity index (χ3n) is 2.45. The van der Waals surface area contributed by atoms with Crippen LogP contribution in [0.15, 0.2) is 23.4 Å². The normalized spacial score (nSPS) is 12.6. The minimum Gasteiger partial charge on any atom is -0.493 e. The highest BCUT2D eigenvalue weighted by Gasteiger charge is 2.15. The summed E-state index contributed by atoms with van der Waals surface area (Å²) in [6, 6.07) is 4.36. The Morgan fingerprint density at radius 2 is 2.11 bits per heavy atom. The second-order valence-electron chi connectivity index (χ2n) is 5.26. The molecule has 100 valence electrons. The lowest BCUT2D eigenvalue weighted by Crippen LogP contribution is -2.18. The van der Waals surface area contributed by atoms with E-state index in [1.807, 2.05) is 0 Å². The molecule has 0 bridgehead atoms. The Kier molecular flexibility index (Phi) is 4.53. The lowest BCUT2D eigenvalue weighted by atomic mass is 9.93. The molecule has 0 radical (unpaired) electrons. The summed E-state index contributed by atoms with van der Waals surface area (Å²) >= 11 is 0. The summed E-state index contributed by atoms with van der Waals surface area (Å²) < 4.78 is 19.1. The van der Waals surface area contributed by atoms with E-state index in [9.17, 15) is 4.39 Å². The molecule has 5 heteroatoms. The van der Waals surface area contributed by atoms with E-state index in [4.69, 9.17) is 15.7 Å². The lowest BCUT2D eigenvalue weighted by Gasteiger charge is -2.19. The van der Waals surface area contributed by atoms with Gasteiger partial charge < -0.3 is 15.7 Å². The third kappa shape index (κ3) is 3.91. The number of halogens is 1. The van der Waals surface area contributed by atoms with Gasteiger partial charge in [0.15, 0.2) is 5.84 Å². The van der Waals surface area contributed by atoms with E-state index in [-0.39, 0.29) is 22.6 Å². The quantitative estimate of drug-likeness (QED) is 0.376. The third-order valence-corrected chi connectivity index (χ3v) is 2.45. The Bertz CT molecular complexity index is 439. The van der Waals surface area contributed by atoms with Crippen molar-refractivity contribution in [1.29, 1.82) is 0 Å². The molecule has 3 N–H and O–H groups in total. The summed E-state index contributed by atoms with van der Waals surface area (Å²) in [4.78, 5) is 0. The van der Waals surface area contributed by atoms with Gasteiger partial charge in [-0.05, 0) is 24.0 Å². The average molecular weight is 254 g/mol. The van der Waals surface area contributed by atoms with Crippen molar-refractivity contribution >= 4 is 5.84 Å². The van der Waals surface area contributed by atoms with E-state index >= 15 is 0 Å². The maximum atomic E-state index is 13.6. The van der Waals surface area contributed by atoms with Crippen LogP contribution in [0, 0.1) is 11.2 Å². The Balaban J connectivity index is 2.86. The van der Waals surface area contributed by atoms with Crippen LogP contribution in [0.3, 0.4) is 0 Å². The highest BCUT2D eigenvalue weighted by atomic mass is 19.1. The number of benzene rings is 1. The van der Waals surface area contributed by atoms with Crippen LogP contribution >= 0.6 is 0 Å². The molecule has 1 rings (SSSR count).